The number of phenols is 1. The molecular weight excluding hydrogens is 316 g/mol. The summed E-state index contributed by atoms with van der Waals surface area (Å²) in [5, 5.41) is 20.9. The molecule has 0 spiro atoms. The van der Waals surface area contributed by atoms with Gasteiger partial charge in [-0.2, -0.15) is 0 Å². The topological polar surface area (TPSA) is 80.0 Å². The molecule has 0 saturated carbocycles. The first-order valence-electron chi connectivity index (χ1n) is 8.26. The molecule has 6 nitrogen and oxygen atoms in total. The Bertz CT molecular complexity index is 905. The molecule has 4 rings (SSSR count). The zero-order valence-corrected chi connectivity index (χ0v) is 13.6. The molecule has 1 aromatic heterocycles. The lowest BCUT2D eigenvalue weighted by molar-refractivity contribution is 0.0931. The van der Waals surface area contributed by atoms with Gasteiger partial charge in [-0.15, -0.1) is 5.10 Å². The summed E-state index contributed by atoms with van der Waals surface area (Å²) in [4.78, 5) is 12.5. The predicted octanol–water partition coefficient (Wildman–Crippen LogP) is 2.45. The molecule has 0 aliphatic heterocycles. The number of hydrogen-bond donors (Lipinski definition) is 2. The molecule has 0 bridgehead atoms. The van der Waals surface area contributed by atoms with Crippen molar-refractivity contribution in [2.24, 2.45) is 0 Å². The minimum absolute atomic E-state index is 0.103. The number of carbonyl (C=O) groups is 1. The van der Waals surface area contributed by atoms with E-state index in [0.29, 0.717) is 18.0 Å². The van der Waals surface area contributed by atoms with Crippen molar-refractivity contribution < 1.29 is 9.90 Å². The number of carbonyl (C=O) groups excluding carboxylic acids is 1. The highest BCUT2D eigenvalue weighted by Crippen LogP contribution is 2.36. The van der Waals surface area contributed by atoms with E-state index in [1.807, 2.05) is 36.4 Å². The van der Waals surface area contributed by atoms with Crippen LogP contribution in [-0.4, -0.2) is 26.0 Å². The highest BCUT2D eigenvalue weighted by atomic mass is 16.3. The Morgan fingerprint density at radius 2 is 2.04 bits per heavy atom. The fourth-order valence-corrected chi connectivity index (χ4v) is 3.27. The Morgan fingerprint density at radius 3 is 2.88 bits per heavy atom. The quantitative estimate of drug-likeness (QED) is 0.768. The van der Waals surface area contributed by atoms with Crippen LogP contribution in [0.15, 0.2) is 54.7 Å². The number of rotatable bonds is 4. The molecule has 2 N–H and O–H groups in total. The van der Waals surface area contributed by atoms with Gasteiger partial charge in [-0.1, -0.05) is 47.7 Å². The summed E-state index contributed by atoms with van der Waals surface area (Å²) in [6.07, 6.45) is 3.19. The van der Waals surface area contributed by atoms with Gasteiger partial charge in [-0.3, -0.25) is 4.79 Å². The van der Waals surface area contributed by atoms with Gasteiger partial charge in [0.2, 0.25) is 0 Å². The fraction of sp³-hybridized carbons (Fsp3) is 0.211. The van der Waals surface area contributed by atoms with Gasteiger partial charge in [0.25, 0.3) is 5.91 Å². The third-order valence-electron chi connectivity index (χ3n) is 4.51. The number of fused-ring (bicyclic) bond motifs is 1. The molecule has 1 unspecified atom stereocenters. The van der Waals surface area contributed by atoms with Crippen LogP contribution in [0.3, 0.4) is 0 Å². The van der Waals surface area contributed by atoms with Crippen LogP contribution >= 0.6 is 0 Å². The molecule has 2 aromatic carbocycles. The summed E-state index contributed by atoms with van der Waals surface area (Å²) in [5.74, 6) is 0.0450. The van der Waals surface area contributed by atoms with E-state index in [4.69, 9.17) is 0 Å². The first-order valence-corrected chi connectivity index (χ1v) is 8.26. The van der Waals surface area contributed by atoms with Crippen LogP contribution in [0.5, 0.6) is 5.75 Å². The summed E-state index contributed by atoms with van der Waals surface area (Å²) in [6.45, 7) is 0.571. The van der Waals surface area contributed by atoms with Crippen LogP contribution in [0.2, 0.25) is 0 Å². The van der Waals surface area contributed by atoms with Crippen molar-refractivity contribution in [3.8, 4) is 5.75 Å². The second kappa shape index (κ2) is 6.39. The minimum Gasteiger partial charge on any atom is -0.508 e. The van der Waals surface area contributed by atoms with E-state index >= 15 is 0 Å². The van der Waals surface area contributed by atoms with Crippen molar-refractivity contribution in [1.29, 1.82) is 0 Å². The van der Waals surface area contributed by atoms with E-state index in [0.717, 1.165) is 29.5 Å². The smallest absolute Gasteiger partial charge is 0.273 e. The van der Waals surface area contributed by atoms with Gasteiger partial charge in [0.15, 0.2) is 5.69 Å². The standard InChI is InChI=1S/C19H18N4O2/c24-18-8-4-7-14-15(18)9-10-16(14)20-19(25)17-12-23(22-21-17)11-13-5-2-1-3-6-13/h1-8,12,16,24H,9-11H2,(H,20,25). The summed E-state index contributed by atoms with van der Waals surface area (Å²) < 4.78 is 1.65. The first-order chi connectivity index (χ1) is 12.2. The van der Waals surface area contributed by atoms with Crippen molar-refractivity contribution in [1.82, 2.24) is 20.3 Å². The second-order valence-corrected chi connectivity index (χ2v) is 6.20. The van der Waals surface area contributed by atoms with Crippen LogP contribution in [0.1, 0.15) is 39.6 Å². The Morgan fingerprint density at radius 1 is 1.20 bits per heavy atom. The molecule has 0 saturated heterocycles. The van der Waals surface area contributed by atoms with Crippen molar-refractivity contribution in [3.63, 3.8) is 0 Å². The predicted molar refractivity (Wildman–Crippen MR) is 92.2 cm³/mol. The number of nitrogens with one attached hydrogen (secondary N) is 1. The maximum absolute atomic E-state index is 12.5. The van der Waals surface area contributed by atoms with Crippen LogP contribution in [-0.2, 0) is 13.0 Å². The molecule has 1 atom stereocenters. The molecule has 1 amide bonds. The number of amides is 1. The SMILES string of the molecule is O=C(NC1CCc2c(O)cccc21)c1cn(Cc2ccccc2)nn1. The third kappa shape index (κ3) is 3.10. The largest absolute Gasteiger partial charge is 0.508 e. The van der Waals surface area contributed by atoms with E-state index < -0.39 is 0 Å². The number of phenolic OH excluding ortho intramolecular Hbond substituents is 1. The van der Waals surface area contributed by atoms with E-state index in [-0.39, 0.29) is 11.9 Å². The van der Waals surface area contributed by atoms with E-state index in [1.165, 1.54) is 0 Å². The van der Waals surface area contributed by atoms with E-state index in [2.05, 4.69) is 15.6 Å². The zero-order chi connectivity index (χ0) is 17.2. The number of aromatic nitrogens is 3. The van der Waals surface area contributed by atoms with Gasteiger partial charge in [0.1, 0.15) is 5.75 Å². The Labute approximate surface area is 145 Å². The molecule has 126 valence electrons. The second-order valence-electron chi connectivity index (χ2n) is 6.20. The summed E-state index contributed by atoms with van der Waals surface area (Å²) in [7, 11) is 0. The summed E-state index contributed by atoms with van der Waals surface area (Å²) in [5.41, 5.74) is 3.29. The minimum atomic E-state index is -0.250. The first kappa shape index (κ1) is 15.4. The van der Waals surface area contributed by atoms with Gasteiger partial charge in [0, 0.05) is 0 Å². The Hall–Kier alpha value is -3.15. The average Bonchev–Trinajstić information content (AvgIpc) is 3.24. The number of hydrogen-bond acceptors (Lipinski definition) is 4. The van der Waals surface area contributed by atoms with Gasteiger partial charge in [-0.05, 0) is 35.6 Å². The lowest BCUT2D eigenvalue weighted by Crippen LogP contribution is -2.27. The maximum Gasteiger partial charge on any atom is 0.273 e. The third-order valence-corrected chi connectivity index (χ3v) is 4.51. The fourth-order valence-electron chi connectivity index (χ4n) is 3.27. The van der Waals surface area contributed by atoms with Crippen molar-refractivity contribution in [2.45, 2.75) is 25.4 Å². The maximum atomic E-state index is 12.5. The average molecular weight is 334 g/mol. The lowest BCUT2D eigenvalue weighted by Gasteiger charge is -2.13. The van der Waals surface area contributed by atoms with Crippen LogP contribution < -0.4 is 5.32 Å². The van der Waals surface area contributed by atoms with Crippen molar-refractivity contribution in [2.75, 3.05) is 0 Å². The molecule has 1 aliphatic rings. The summed E-state index contributed by atoms with van der Waals surface area (Å²) in [6, 6.07) is 15.2. The highest BCUT2D eigenvalue weighted by molar-refractivity contribution is 5.92. The van der Waals surface area contributed by atoms with Crippen molar-refractivity contribution in [3.05, 3.63) is 77.1 Å². The van der Waals surface area contributed by atoms with Crippen LogP contribution in [0.4, 0.5) is 0 Å². The molecule has 1 aliphatic carbocycles. The monoisotopic (exact) mass is 334 g/mol. The van der Waals surface area contributed by atoms with E-state index in [1.54, 1.807) is 23.0 Å². The van der Waals surface area contributed by atoms with Crippen molar-refractivity contribution >= 4 is 5.91 Å². The van der Waals surface area contributed by atoms with Gasteiger partial charge < -0.3 is 10.4 Å². The number of benzene rings is 2. The molecule has 6 heteroatoms. The Balaban J connectivity index is 1.46. The molecule has 1 heterocycles. The Kier molecular flexibility index (Phi) is 3.93. The van der Waals surface area contributed by atoms with Gasteiger partial charge >= 0.3 is 0 Å². The molecule has 25 heavy (non-hydrogen) atoms. The molecule has 0 fully saturated rings. The van der Waals surface area contributed by atoms with Crippen LogP contribution in [0.25, 0.3) is 0 Å². The molecule has 3 aromatic rings. The number of nitrogens with zero attached hydrogens (tertiary/aromatic N) is 3. The lowest BCUT2D eigenvalue weighted by atomic mass is 10.1. The normalized spacial score (nSPS) is 15.8. The van der Waals surface area contributed by atoms with Gasteiger partial charge in [0.05, 0.1) is 18.8 Å². The highest BCUT2D eigenvalue weighted by Gasteiger charge is 2.26. The number of aromatic hydroxyl groups is 1. The molecular formula is C19H18N4O2. The van der Waals surface area contributed by atoms with E-state index in [9.17, 15) is 9.90 Å². The summed E-state index contributed by atoms with van der Waals surface area (Å²) >= 11 is 0. The molecule has 0 radical (unpaired) electrons. The van der Waals surface area contributed by atoms with Crippen LogP contribution in [0, 0.1) is 0 Å². The zero-order valence-electron chi connectivity index (χ0n) is 13.6. The van der Waals surface area contributed by atoms with Gasteiger partial charge in [-0.25, -0.2) is 4.68 Å².